The van der Waals surface area contributed by atoms with E-state index in [1.165, 1.54) is 11.3 Å². The van der Waals surface area contributed by atoms with Gasteiger partial charge in [-0.2, -0.15) is 0 Å². The predicted molar refractivity (Wildman–Crippen MR) is 89.2 cm³/mol. The molecule has 1 aliphatic carbocycles. The number of likely N-dealkylation sites (tertiary alicyclic amines) is 1. The first-order chi connectivity index (χ1) is 11.5. The maximum Gasteiger partial charge on any atom is 0.246 e. The van der Waals surface area contributed by atoms with Crippen LogP contribution in [0.1, 0.15) is 31.7 Å². The molecule has 2 aliphatic rings. The van der Waals surface area contributed by atoms with Crippen LogP contribution in [0.2, 0.25) is 0 Å². The Morgan fingerprint density at radius 1 is 1.25 bits per heavy atom. The van der Waals surface area contributed by atoms with Gasteiger partial charge in [-0.1, -0.05) is 37.3 Å². The van der Waals surface area contributed by atoms with Gasteiger partial charge in [0.2, 0.25) is 22.9 Å². The number of fused-ring (bicyclic) bond motifs is 1. The van der Waals surface area contributed by atoms with Crippen LogP contribution in [-0.2, 0) is 20.8 Å². The van der Waals surface area contributed by atoms with Crippen molar-refractivity contribution in [1.29, 1.82) is 0 Å². The molecule has 1 N–H and O–H groups in total. The molecule has 1 saturated heterocycles. The van der Waals surface area contributed by atoms with Crippen LogP contribution < -0.4 is 5.32 Å². The number of carbonyl (C=O) groups excluding carboxylic acids is 3. The Kier molecular flexibility index (Phi) is 4.75. The predicted octanol–water partition coefficient (Wildman–Crippen LogP) is 1.63. The van der Waals surface area contributed by atoms with Gasteiger partial charge in [-0.15, -0.1) is 10.2 Å². The van der Waals surface area contributed by atoms with E-state index in [-0.39, 0.29) is 30.2 Å². The van der Waals surface area contributed by atoms with Gasteiger partial charge in [-0.3, -0.25) is 24.6 Å². The molecule has 0 spiro atoms. The Balaban J connectivity index is 1.60. The minimum absolute atomic E-state index is 0.248. The van der Waals surface area contributed by atoms with E-state index < -0.39 is 5.91 Å². The van der Waals surface area contributed by atoms with Crippen molar-refractivity contribution in [3.63, 3.8) is 0 Å². The van der Waals surface area contributed by atoms with E-state index in [9.17, 15) is 14.4 Å². The van der Waals surface area contributed by atoms with Crippen molar-refractivity contribution in [3.8, 4) is 0 Å². The van der Waals surface area contributed by atoms with E-state index >= 15 is 0 Å². The highest BCUT2D eigenvalue weighted by molar-refractivity contribution is 7.15. The van der Waals surface area contributed by atoms with Crippen LogP contribution >= 0.6 is 11.3 Å². The second-order valence-electron chi connectivity index (χ2n) is 6.57. The number of imide groups is 1. The standard InChI is InChI=1S/C16H20N4O3S/c1-9(2)7-13-18-19-16(24-13)17-12(21)8-20-14(22)10-5-3-4-6-11(10)15(20)23/h3-4,9-11H,5-8H2,1-2H3,(H,17,19,21)/t10-,11-/m1/s1. The van der Waals surface area contributed by atoms with E-state index in [1.54, 1.807) is 0 Å². The van der Waals surface area contributed by atoms with Crippen LogP contribution in [-0.4, -0.2) is 39.4 Å². The van der Waals surface area contributed by atoms with Gasteiger partial charge in [-0.05, 0) is 18.8 Å². The first kappa shape index (κ1) is 16.8. The molecule has 1 aromatic rings. The summed E-state index contributed by atoms with van der Waals surface area (Å²) in [6.07, 6.45) is 5.79. The zero-order valence-corrected chi connectivity index (χ0v) is 14.5. The Morgan fingerprint density at radius 2 is 1.88 bits per heavy atom. The van der Waals surface area contributed by atoms with Crippen LogP contribution in [0.15, 0.2) is 12.2 Å². The number of aromatic nitrogens is 2. The molecule has 2 heterocycles. The molecule has 1 aliphatic heterocycles. The van der Waals surface area contributed by atoms with Gasteiger partial charge >= 0.3 is 0 Å². The van der Waals surface area contributed by atoms with E-state index in [4.69, 9.17) is 0 Å². The summed E-state index contributed by atoms with van der Waals surface area (Å²) in [6.45, 7) is 3.90. The molecule has 8 heteroatoms. The third-order valence-corrected chi connectivity index (χ3v) is 5.06. The lowest BCUT2D eigenvalue weighted by Gasteiger charge is -2.14. The number of nitrogens with zero attached hydrogens (tertiary/aromatic N) is 3. The number of carbonyl (C=O) groups is 3. The maximum absolute atomic E-state index is 12.3. The lowest BCUT2D eigenvalue weighted by atomic mass is 9.85. The molecule has 0 bridgehead atoms. The molecule has 2 atom stereocenters. The van der Waals surface area contributed by atoms with Crippen LogP contribution in [0, 0.1) is 17.8 Å². The average Bonchev–Trinajstić information content (AvgIpc) is 3.05. The molecule has 0 unspecified atom stereocenters. The van der Waals surface area contributed by atoms with Crippen molar-refractivity contribution >= 4 is 34.2 Å². The summed E-state index contributed by atoms with van der Waals surface area (Å²) < 4.78 is 0. The second-order valence-corrected chi connectivity index (χ2v) is 7.63. The summed E-state index contributed by atoms with van der Waals surface area (Å²) in [5.41, 5.74) is 0. The molecule has 0 saturated carbocycles. The highest BCUT2D eigenvalue weighted by atomic mass is 32.1. The van der Waals surface area contributed by atoms with Crippen molar-refractivity contribution in [2.24, 2.45) is 17.8 Å². The first-order valence-corrected chi connectivity index (χ1v) is 8.89. The minimum atomic E-state index is -0.421. The Hall–Kier alpha value is -2.09. The summed E-state index contributed by atoms with van der Waals surface area (Å²) in [7, 11) is 0. The van der Waals surface area contributed by atoms with Crippen LogP contribution in [0.25, 0.3) is 0 Å². The number of allylic oxidation sites excluding steroid dienone is 2. The summed E-state index contributed by atoms with van der Waals surface area (Å²) >= 11 is 1.32. The number of rotatable bonds is 5. The zero-order chi connectivity index (χ0) is 17.3. The quantitative estimate of drug-likeness (QED) is 0.645. The van der Waals surface area contributed by atoms with Crippen LogP contribution in [0.4, 0.5) is 5.13 Å². The van der Waals surface area contributed by atoms with Crippen molar-refractivity contribution in [2.75, 3.05) is 11.9 Å². The lowest BCUT2D eigenvalue weighted by Crippen LogP contribution is -2.38. The highest BCUT2D eigenvalue weighted by Gasteiger charge is 2.47. The summed E-state index contributed by atoms with van der Waals surface area (Å²) in [4.78, 5) is 37.9. The molecule has 128 valence electrons. The largest absolute Gasteiger partial charge is 0.299 e. The van der Waals surface area contributed by atoms with Crippen molar-refractivity contribution < 1.29 is 14.4 Å². The van der Waals surface area contributed by atoms with Crippen molar-refractivity contribution in [2.45, 2.75) is 33.1 Å². The lowest BCUT2D eigenvalue weighted by molar-refractivity contribution is -0.142. The third kappa shape index (κ3) is 3.38. The topological polar surface area (TPSA) is 92.3 Å². The molecule has 3 amide bonds. The first-order valence-electron chi connectivity index (χ1n) is 8.08. The van der Waals surface area contributed by atoms with E-state index in [0.29, 0.717) is 23.9 Å². The Morgan fingerprint density at radius 3 is 2.46 bits per heavy atom. The van der Waals surface area contributed by atoms with Crippen LogP contribution in [0.3, 0.4) is 0 Å². The van der Waals surface area contributed by atoms with Gasteiger partial charge in [0.15, 0.2) is 0 Å². The molecular weight excluding hydrogens is 328 g/mol. The third-order valence-electron chi connectivity index (χ3n) is 4.20. The highest BCUT2D eigenvalue weighted by Crippen LogP contribution is 2.34. The van der Waals surface area contributed by atoms with E-state index in [2.05, 4.69) is 29.4 Å². The van der Waals surface area contributed by atoms with Gasteiger partial charge in [-0.25, -0.2) is 0 Å². The van der Waals surface area contributed by atoms with Crippen molar-refractivity contribution in [3.05, 3.63) is 17.2 Å². The SMILES string of the molecule is CC(C)Cc1nnc(NC(=O)CN2C(=O)[C@@H]3CC=CC[C@H]3C2=O)s1. The monoisotopic (exact) mass is 348 g/mol. The number of hydrogen-bond donors (Lipinski definition) is 1. The van der Waals surface area contributed by atoms with Gasteiger partial charge in [0.1, 0.15) is 11.6 Å². The maximum atomic E-state index is 12.3. The van der Waals surface area contributed by atoms with Gasteiger partial charge < -0.3 is 0 Å². The van der Waals surface area contributed by atoms with Gasteiger partial charge in [0, 0.05) is 6.42 Å². The van der Waals surface area contributed by atoms with E-state index in [1.807, 2.05) is 12.2 Å². The fourth-order valence-electron chi connectivity index (χ4n) is 3.06. The molecule has 0 radical (unpaired) electrons. The molecular formula is C16H20N4O3S. The molecule has 0 aromatic carbocycles. The zero-order valence-electron chi connectivity index (χ0n) is 13.7. The minimum Gasteiger partial charge on any atom is -0.299 e. The van der Waals surface area contributed by atoms with Gasteiger partial charge in [0.05, 0.1) is 11.8 Å². The average molecular weight is 348 g/mol. The number of nitrogens with one attached hydrogen (secondary N) is 1. The normalized spacial score (nSPS) is 23.0. The number of hydrogen-bond acceptors (Lipinski definition) is 6. The van der Waals surface area contributed by atoms with Crippen molar-refractivity contribution in [1.82, 2.24) is 15.1 Å². The van der Waals surface area contributed by atoms with Crippen LogP contribution in [0.5, 0.6) is 0 Å². The van der Waals surface area contributed by atoms with E-state index in [0.717, 1.165) is 16.3 Å². The summed E-state index contributed by atoms with van der Waals surface area (Å²) in [6, 6.07) is 0. The molecule has 7 nitrogen and oxygen atoms in total. The molecule has 1 aromatic heterocycles. The number of anilines is 1. The fourth-order valence-corrected chi connectivity index (χ4v) is 4.03. The van der Waals surface area contributed by atoms with Gasteiger partial charge in [0.25, 0.3) is 0 Å². The molecule has 1 fully saturated rings. The molecule has 3 rings (SSSR count). The smallest absolute Gasteiger partial charge is 0.246 e. The summed E-state index contributed by atoms with van der Waals surface area (Å²) in [5.74, 6) is -1.08. The Bertz CT molecular complexity index is 671. The number of amides is 3. The Labute approximate surface area is 144 Å². The summed E-state index contributed by atoms with van der Waals surface area (Å²) in [5, 5.41) is 11.8. The fraction of sp³-hybridized carbons (Fsp3) is 0.562. The second kappa shape index (κ2) is 6.80. The molecule has 24 heavy (non-hydrogen) atoms.